The van der Waals surface area contributed by atoms with E-state index in [-0.39, 0.29) is 24.3 Å². The molecule has 5 heteroatoms. The minimum atomic E-state index is -0.319. The number of esters is 1. The maximum Gasteiger partial charge on any atom is 0.308 e. The lowest BCUT2D eigenvalue weighted by molar-refractivity contribution is -0.143. The number of rotatable bonds is 3. The summed E-state index contributed by atoms with van der Waals surface area (Å²) in [4.78, 5) is 23.0. The summed E-state index contributed by atoms with van der Waals surface area (Å²) in [6.07, 6.45) is 0.147. The van der Waals surface area contributed by atoms with Gasteiger partial charge >= 0.3 is 5.97 Å². The van der Waals surface area contributed by atoms with Crippen LogP contribution < -0.4 is 5.32 Å². The van der Waals surface area contributed by atoms with Crippen LogP contribution in [-0.4, -0.2) is 18.5 Å². The van der Waals surface area contributed by atoms with Crippen LogP contribution in [0.5, 0.6) is 0 Å². The minimum Gasteiger partial charge on any atom is -0.466 e. The van der Waals surface area contributed by atoms with Crippen LogP contribution in [0.15, 0.2) is 18.2 Å². The molecule has 1 N–H and O–H groups in total. The van der Waals surface area contributed by atoms with Crippen molar-refractivity contribution in [2.24, 2.45) is 0 Å². The average molecular weight is 254 g/mol. The molecule has 0 fully saturated rings. The van der Waals surface area contributed by atoms with Crippen molar-refractivity contribution in [3.63, 3.8) is 0 Å². The van der Waals surface area contributed by atoms with E-state index in [1.165, 1.54) is 0 Å². The van der Waals surface area contributed by atoms with Gasteiger partial charge < -0.3 is 10.1 Å². The molecule has 0 saturated heterocycles. The number of ether oxygens (including phenoxy) is 1. The van der Waals surface area contributed by atoms with E-state index in [4.69, 9.17) is 16.3 Å². The lowest BCUT2D eigenvalue weighted by Gasteiger charge is -2.10. The van der Waals surface area contributed by atoms with Gasteiger partial charge in [0.05, 0.1) is 19.1 Å². The van der Waals surface area contributed by atoms with E-state index < -0.39 is 0 Å². The quantitative estimate of drug-likeness (QED) is 0.839. The summed E-state index contributed by atoms with van der Waals surface area (Å²) in [5, 5.41) is 3.25. The molecular weight excluding hydrogens is 242 g/mol. The van der Waals surface area contributed by atoms with Gasteiger partial charge in [0, 0.05) is 10.6 Å². The molecule has 1 heterocycles. The second-order valence-electron chi connectivity index (χ2n) is 3.77. The summed E-state index contributed by atoms with van der Waals surface area (Å²) in [6.45, 7) is 2.09. The van der Waals surface area contributed by atoms with Crippen LogP contribution in [0.2, 0.25) is 5.02 Å². The van der Waals surface area contributed by atoms with Crippen molar-refractivity contribution in [3.8, 4) is 0 Å². The molecule has 2 rings (SSSR count). The van der Waals surface area contributed by atoms with Gasteiger partial charge in [0.15, 0.2) is 0 Å². The Kier molecular flexibility index (Phi) is 3.33. The molecule has 1 aliphatic heterocycles. The first-order chi connectivity index (χ1) is 8.11. The van der Waals surface area contributed by atoms with Crippen molar-refractivity contribution in [1.82, 2.24) is 5.32 Å². The van der Waals surface area contributed by atoms with Crippen molar-refractivity contribution < 1.29 is 14.3 Å². The zero-order chi connectivity index (χ0) is 12.4. The Morgan fingerprint density at radius 1 is 1.53 bits per heavy atom. The Bertz CT molecular complexity index is 473. The van der Waals surface area contributed by atoms with Crippen molar-refractivity contribution in [3.05, 3.63) is 34.3 Å². The third-order valence-corrected chi connectivity index (χ3v) is 2.85. The highest BCUT2D eigenvalue weighted by Crippen LogP contribution is 2.30. The zero-order valence-corrected chi connectivity index (χ0v) is 10.1. The number of hydrogen-bond donors (Lipinski definition) is 1. The van der Waals surface area contributed by atoms with Crippen LogP contribution >= 0.6 is 11.6 Å². The number of hydrogen-bond acceptors (Lipinski definition) is 3. The van der Waals surface area contributed by atoms with E-state index in [2.05, 4.69) is 5.32 Å². The molecule has 1 amide bonds. The van der Waals surface area contributed by atoms with Crippen LogP contribution in [0.1, 0.15) is 35.3 Å². The summed E-state index contributed by atoms with van der Waals surface area (Å²) in [7, 11) is 0. The Morgan fingerprint density at radius 2 is 2.29 bits per heavy atom. The van der Waals surface area contributed by atoms with Crippen LogP contribution in [0.3, 0.4) is 0 Å². The van der Waals surface area contributed by atoms with Gasteiger partial charge in [0.2, 0.25) is 0 Å². The van der Waals surface area contributed by atoms with Crippen LogP contribution in [-0.2, 0) is 9.53 Å². The van der Waals surface area contributed by atoms with Crippen molar-refractivity contribution >= 4 is 23.5 Å². The summed E-state index contributed by atoms with van der Waals surface area (Å²) >= 11 is 5.82. The molecule has 17 heavy (non-hydrogen) atoms. The molecule has 0 bridgehead atoms. The highest BCUT2D eigenvalue weighted by Gasteiger charge is 2.30. The third kappa shape index (κ3) is 2.42. The number of benzene rings is 1. The van der Waals surface area contributed by atoms with Crippen LogP contribution in [0, 0.1) is 0 Å². The van der Waals surface area contributed by atoms with Crippen LogP contribution in [0.4, 0.5) is 0 Å². The highest BCUT2D eigenvalue weighted by molar-refractivity contribution is 6.31. The summed E-state index contributed by atoms with van der Waals surface area (Å²) in [5.41, 5.74) is 1.33. The fourth-order valence-corrected chi connectivity index (χ4v) is 2.06. The Balaban J connectivity index is 2.19. The molecule has 90 valence electrons. The highest BCUT2D eigenvalue weighted by atomic mass is 35.5. The number of halogens is 1. The Hall–Kier alpha value is -1.55. The van der Waals surface area contributed by atoms with Crippen molar-refractivity contribution in [1.29, 1.82) is 0 Å². The molecule has 1 aliphatic rings. The standard InChI is InChI=1S/C12H12ClNO3/c1-2-17-11(15)6-10-8-4-3-7(13)5-9(8)12(16)14-10/h3-5,10H,2,6H2,1H3,(H,14,16). The molecule has 1 aromatic carbocycles. The van der Waals surface area contributed by atoms with Gasteiger partial charge in [-0.05, 0) is 24.6 Å². The first-order valence-corrected chi connectivity index (χ1v) is 5.75. The van der Waals surface area contributed by atoms with Gasteiger partial charge in [-0.1, -0.05) is 17.7 Å². The smallest absolute Gasteiger partial charge is 0.308 e. The lowest BCUT2D eigenvalue weighted by Crippen LogP contribution is -2.22. The second kappa shape index (κ2) is 4.75. The maximum absolute atomic E-state index is 11.6. The first-order valence-electron chi connectivity index (χ1n) is 5.37. The van der Waals surface area contributed by atoms with E-state index in [0.29, 0.717) is 17.2 Å². The van der Waals surface area contributed by atoms with Gasteiger partial charge in [-0.25, -0.2) is 0 Å². The van der Waals surface area contributed by atoms with Gasteiger partial charge in [-0.15, -0.1) is 0 Å². The summed E-state index contributed by atoms with van der Waals surface area (Å²) < 4.78 is 4.86. The van der Waals surface area contributed by atoms with Gasteiger partial charge in [0.25, 0.3) is 5.91 Å². The predicted molar refractivity (Wildman–Crippen MR) is 62.9 cm³/mol. The number of amides is 1. The minimum absolute atomic E-state index is 0.147. The van der Waals surface area contributed by atoms with Gasteiger partial charge in [-0.3, -0.25) is 9.59 Å². The normalized spacial score (nSPS) is 17.5. The molecule has 0 aliphatic carbocycles. The van der Waals surface area contributed by atoms with Crippen molar-refractivity contribution in [2.75, 3.05) is 6.61 Å². The van der Waals surface area contributed by atoms with Gasteiger partial charge in [0.1, 0.15) is 0 Å². The lowest BCUT2D eigenvalue weighted by atomic mass is 10.0. The topological polar surface area (TPSA) is 55.4 Å². The predicted octanol–water partition coefficient (Wildman–Crippen LogP) is 2.08. The monoisotopic (exact) mass is 253 g/mol. The van der Waals surface area contributed by atoms with Crippen LogP contribution in [0.25, 0.3) is 0 Å². The summed E-state index contributed by atoms with van der Waals surface area (Å²) in [5.74, 6) is -0.516. The molecular formula is C12H12ClNO3. The number of carbonyl (C=O) groups excluding carboxylic acids is 2. The first kappa shape index (κ1) is 11.9. The molecule has 0 aromatic heterocycles. The molecule has 0 radical (unpaired) electrons. The van der Waals surface area contributed by atoms with E-state index >= 15 is 0 Å². The zero-order valence-electron chi connectivity index (χ0n) is 9.33. The fraction of sp³-hybridized carbons (Fsp3) is 0.333. The van der Waals surface area contributed by atoms with E-state index in [1.54, 1.807) is 25.1 Å². The van der Waals surface area contributed by atoms with E-state index in [0.717, 1.165) is 5.56 Å². The number of carbonyl (C=O) groups is 2. The van der Waals surface area contributed by atoms with Gasteiger partial charge in [-0.2, -0.15) is 0 Å². The number of fused-ring (bicyclic) bond motifs is 1. The molecule has 1 unspecified atom stereocenters. The maximum atomic E-state index is 11.6. The Morgan fingerprint density at radius 3 is 3.00 bits per heavy atom. The second-order valence-corrected chi connectivity index (χ2v) is 4.20. The molecule has 1 atom stereocenters. The molecule has 4 nitrogen and oxygen atoms in total. The van der Waals surface area contributed by atoms with Crippen molar-refractivity contribution in [2.45, 2.75) is 19.4 Å². The molecule has 0 saturated carbocycles. The summed E-state index contributed by atoms with van der Waals surface area (Å²) in [6, 6.07) is 4.77. The average Bonchev–Trinajstić information content (AvgIpc) is 2.56. The SMILES string of the molecule is CCOC(=O)CC1NC(=O)c2cc(Cl)ccc21. The fourth-order valence-electron chi connectivity index (χ4n) is 1.89. The van der Waals surface area contributed by atoms with E-state index in [1.807, 2.05) is 0 Å². The number of nitrogens with one attached hydrogen (secondary N) is 1. The largest absolute Gasteiger partial charge is 0.466 e. The Labute approximate surface area is 104 Å². The molecule has 1 aromatic rings. The van der Waals surface area contributed by atoms with E-state index in [9.17, 15) is 9.59 Å². The third-order valence-electron chi connectivity index (χ3n) is 2.62. The molecule has 0 spiro atoms.